The number of hydrogen-bond donors (Lipinski definition) is 2. The van der Waals surface area contributed by atoms with Crippen molar-refractivity contribution in [2.45, 2.75) is 0 Å². The second kappa shape index (κ2) is 3.74. The highest BCUT2D eigenvalue weighted by Gasteiger charge is 2.18. The molecule has 0 saturated heterocycles. The van der Waals surface area contributed by atoms with Crippen LogP contribution in [-0.4, -0.2) is 21.9 Å². The van der Waals surface area contributed by atoms with Crippen LogP contribution in [0.25, 0.3) is 0 Å². The molecule has 1 aromatic carbocycles. The number of rotatable bonds is 3. The van der Waals surface area contributed by atoms with Gasteiger partial charge >= 0.3 is 5.97 Å². The molecule has 0 spiro atoms. The number of nitrogens with two attached hydrogens (primary N) is 1. The third kappa shape index (κ3) is 2.08. The van der Waals surface area contributed by atoms with E-state index in [4.69, 9.17) is 10.8 Å². The van der Waals surface area contributed by atoms with Gasteiger partial charge in [-0.15, -0.1) is 0 Å². The highest BCUT2D eigenvalue weighted by molar-refractivity contribution is 6.04. The Morgan fingerprint density at radius 2 is 1.93 bits per heavy atom. The predicted octanol–water partition coefficient (Wildman–Crippen LogP) is 0.392. The molecule has 7 heteroatoms. The zero-order valence-corrected chi connectivity index (χ0v) is 7.34. The lowest BCUT2D eigenvalue weighted by molar-refractivity contribution is -0.384. The van der Waals surface area contributed by atoms with E-state index in [0.717, 1.165) is 18.2 Å². The Balaban J connectivity index is 3.40. The maximum Gasteiger partial charge on any atom is 0.336 e. The molecule has 78 valence electrons. The maximum atomic E-state index is 10.8. The van der Waals surface area contributed by atoms with E-state index < -0.39 is 16.8 Å². The smallest absolute Gasteiger partial charge is 0.336 e. The molecule has 3 N–H and O–H groups in total. The molecule has 0 aliphatic rings. The van der Waals surface area contributed by atoms with E-state index in [1.807, 2.05) is 0 Å². The van der Waals surface area contributed by atoms with E-state index in [1.165, 1.54) is 0 Å². The number of aromatic carboxylic acids is 1. The Morgan fingerprint density at radius 1 is 1.33 bits per heavy atom. The summed E-state index contributed by atoms with van der Waals surface area (Å²) < 4.78 is 0. The molecular formula is C8H6N2O5. The molecule has 0 heterocycles. The van der Waals surface area contributed by atoms with Gasteiger partial charge in [0.25, 0.3) is 5.69 Å². The lowest BCUT2D eigenvalue weighted by atomic mass is 10.1. The van der Waals surface area contributed by atoms with Gasteiger partial charge in [0.15, 0.2) is 0 Å². The van der Waals surface area contributed by atoms with Crippen LogP contribution in [0, 0.1) is 10.1 Å². The van der Waals surface area contributed by atoms with Gasteiger partial charge < -0.3 is 10.8 Å². The van der Waals surface area contributed by atoms with Gasteiger partial charge in [0.1, 0.15) is 0 Å². The van der Waals surface area contributed by atoms with Crippen LogP contribution in [0.2, 0.25) is 0 Å². The molecule has 0 fully saturated rings. The minimum absolute atomic E-state index is 0.354. The molecule has 7 nitrogen and oxygen atoms in total. The number of carbonyl (C=O) groups excluding carboxylic acids is 1. The van der Waals surface area contributed by atoms with Gasteiger partial charge in [-0.2, -0.15) is 0 Å². The fourth-order valence-electron chi connectivity index (χ4n) is 1.04. The summed E-state index contributed by atoms with van der Waals surface area (Å²) in [5.74, 6) is -2.38. The van der Waals surface area contributed by atoms with Crippen LogP contribution in [0.5, 0.6) is 0 Å². The first kappa shape index (κ1) is 10.6. The van der Waals surface area contributed by atoms with Gasteiger partial charge in [-0.25, -0.2) is 4.79 Å². The Bertz CT molecular complexity index is 454. The van der Waals surface area contributed by atoms with Crippen molar-refractivity contribution in [3.8, 4) is 0 Å². The van der Waals surface area contributed by atoms with Gasteiger partial charge in [0.05, 0.1) is 16.1 Å². The lowest BCUT2D eigenvalue weighted by Gasteiger charge is -2.01. The first-order valence-corrected chi connectivity index (χ1v) is 3.75. The highest BCUT2D eigenvalue weighted by atomic mass is 16.6. The topological polar surface area (TPSA) is 124 Å². The van der Waals surface area contributed by atoms with E-state index >= 15 is 0 Å². The van der Waals surface area contributed by atoms with Crippen molar-refractivity contribution >= 4 is 17.6 Å². The number of carbonyl (C=O) groups is 2. The molecular weight excluding hydrogens is 204 g/mol. The van der Waals surface area contributed by atoms with Crippen molar-refractivity contribution < 1.29 is 19.6 Å². The predicted molar refractivity (Wildman–Crippen MR) is 48.6 cm³/mol. The molecule has 0 aromatic heterocycles. The average Bonchev–Trinajstić information content (AvgIpc) is 2.16. The van der Waals surface area contributed by atoms with Gasteiger partial charge in [0.2, 0.25) is 5.91 Å². The number of carboxylic acids is 1. The summed E-state index contributed by atoms with van der Waals surface area (Å²) in [6.07, 6.45) is 0. The third-order valence-electron chi connectivity index (χ3n) is 1.71. The van der Waals surface area contributed by atoms with Crippen molar-refractivity contribution in [2.75, 3.05) is 0 Å². The second-order valence-corrected chi connectivity index (χ2v) is 2.66. The summed E-state index contributed by atoms with van der Waals surface area (Å²) in [6, 6.07) is 2.81. The number of hydrogen-bond acceptors (Lipinski definition) is 4. The Hall–Kier alpha value is -2.44. The monoisotopic (exact) mass is 210 g/mol. The zero-order valence-electron chi connectivity index (χ0n) is 7.34. The first-order chi connectivity index (χ1) is 6.93. The first-order valence-electron chi connectivity index (χ1n) is 3.75. The number of nitro groups is 1. The fraction of sp³-hybridized carbons (Fsp3) is 0. The summed E-state index contributed by atoms with van der Waals surface area (Å²) in [6.45, 7) is 0. The molecule has 0 saturated carbocycles. The van der Waals surface area contributed by atoms with E-state index in [1.54, 1.807) is 0 Å². The van der Waals surface area contributed by atoms with Gasteiger partial charge in [0, 0.05) is 12.1 Å². The zero-order chi connectivity index (χ0) is 11.6. The van der Waals surface area contributed by atoms with Crippen LogP contribution in [0.1, 0.15) is 20.7 Å². The Morgan fingerprint density at radius 3 is 2.33 bits per heavy atom. The normalized spacial score (nSPS) is 9.60. The standard InChI is InChI=1S/C8H6N2O5/c9-7(11)6-3-4(10(14)15)1-2-5(6)8(12)13/h1-3H,(H2,9,11)(H,12,13). The molecule has 0 aliphatic carbocycles. The molecule has 0 radical (unpaired) electrons. The number of carboxylic acid groups (broad SMARTS) is 1. The number of benzene rings is 1. The molecule has 1 amide bonds. The minimum Gasteiger partial charge on any atom is -0.478 e. The molecule has 15 heavy (non-hydrogen) atoms. The summed E-state index contributed by atoms with van der Waals surface area (Å²) >= 11 is 0. The van der Waals surface area contributed by atoms with Crippen molar-refractivity contribution in [1.29, 1.82) is 0 Å². The molecule has 0 unspecified atom stereocenters. The van der Waals surface area contributed by atoms with Crippen molar-refractivity contribution in [3.63, 3.8) is 0 Å². The van der Waals surface area contributed by atoms with Crippen molar-refractivity contribution in [2.24, 2.45) is 5.73 Å². The number of primary amides is 1. The minimum atomic E-state index is -1.36. The van der Waals surface area contributed by atoms with E-state index in [0.29, 0.717) is 0 Å². The van der Waals surface area contributed by atoms with Crippen LogP contribution in [0.3, 0.4) is 0 Å². The maximum absolute atomic E-state index is 10.8. The number of amides is 1. The molecule has 0 atom stereocenters. The van der Waals surface area contributed by atoms with Crippen molar-refractivity contribution in [3.05, 3.63) is 39.4 Å². The fourth-order valence-corrected chi connectivity index (χ4v) is 1.04. The van der Waals surface area contributed by atoms with Gasteiger partial charge in [-0.05, 0) is 6.07 Å². The van der Waals surface area contributed by atoms with Gasteiger partial charge in [-0.3, -0.25) is 14.9 Å². The summed E-state index contributed by atoms with van der Waals surface area (Å²) in [4.78, 5) is 31.1. The van der Waals surface area contributed by atoms with Crippen LogP contribution in [0.4, 0.5) is 5.69 Å². The van der Waals surface area contributed by atoms with E-state index in [9.17, 15) is 19.7 Å². The Kier molecular flexibility index (Phi) is 2.65. The quantitative estimate of drug-likeness (QED) is 0.551. The summed E-state index contributed by atoms with van der Waals surface area (Å²) in [5.41, 5.74) is 3.78. The second-order valence-electron chi connectivity index (χ2n) is 2.66. The molecule has 1 aromatic rings. The molecule has 0 aliphatic heterocycles. The van der Waals surface area contributed by atoms with Crippen LogP contribution < -0.4 is 5.73 Å². The van der Waals surface area contributed by atoms with E-state index in [2.05, 4.69) is 0 Å². The van der Waals surface area contributed by atoms with Crippen molar-refractivity contribution in [1.82, 2.24) is 0 Å². The Labute approximate surface area is 83.3 Å². The molecule has 1 rings (SSSR count). The van der Waals surface area contributed by atoms with Crippen LogP contribution in [-0.2, 0) is 0 Å². The highest BCUT2D eigenvalue weighted by Crippen LogP contribution is 2.17. The number of nitro benzene ring substituents is 1. The third-order valence-corrected chi connectivity index (χ3v) is 1.71. The van der Waals surface area contributed by atoms with Crippen LogP contribution >= 0.6 is 0 Å². The summed E-state index contributed by atoms with van der Waals surface area (Å²) in [7, 11) is 0. The average molecular weight is 210 g/mol. The largest absolute Gasteiger partial charge is 0.478 e. The van der Waals surface area contributed by atoms with E-state index in [-0.39, 0.29) is 16.8 Å². The number of non-ortho nitro benzene ring substituents is 1. The lowest BCUT2D eigenvalue weighted by Crippen LogP contribution is -2.16. The molecule has 0 bridgehead atoms. The summed E-state index contributed by atoms with van der Waals surface area (Å²) in [5, 5.41) is 19.0. The SMILES string of the molecule is NC(=O)c1cc([N+](=O)[O-])ccc1C(=O)O. The van der Waals surface area contributed by atoms with Crippen LogP contribution in [0.15, 0.2) is 18.2 Å². The van der Waals surface area contributed by atoms with Gasteiger partial charge in [-0.1, -0.05) is 0 Å². The number of nitrogens with zero attached hydrogens (tertiary/aromatic N) is 1.